The zero-order valence-corrected chi connectivity index (χ0v) is 21.4. The van der Waals surface area contributed by atoms with Crippen LogP contribution in [-0.2, 0) is 4.79 Å². The predicted octanol–water partition coefficient (Wildman–Crippen LogP) is 4.58. The van der Waals surface area contributed by atoms with Gasteiger partial charge in [-0.1, -0.05) is 12.1 Å². The number of anilines is 1. The number of hydrazone groups is 1. The molecule has 3 aromatic rings. The number of nitrogens with zero attached hydrogens (tertiary/aromatic N) is 1. The van der Waals surface area contributed by atoms with Crippen LogP contribution in [0.15, 0.2) is 65.8 Å². The van der Waals surface area contributed by atoms with E-state index in [1.807, 2.05) is 45.0 Å². The molecule has 0 unspecified atom stereocenters. The van der Waals surface area contributed by atoms with Crippen LogP contribution in [0.2, 0.25) is 0 Å². The van der Waals surface area contributed by atoms with Crippen LogP contribution in [0.25, 0.3) is 0 Å². The number of carbonyl (C=O) groups is 2. The summed E-state index contributed by atoms with van der Waals surface area (Å²) < 4.78 is 22.1. The van der Waals surface area contributed by atoms with Crippen molar-refractivity contribution < 1.29 is 28.5 Å². The number of ether oxygens (including phenoxy) is 4. The molecule has 0 radical (unpaired) electrons. The van der Waals surface area contributed by atoms with Crippen molar-refractivity contribution in [3.63, 3.8) is 0 Å². The molecule has 9 heteroatoms. The number of benzene rings is 3. The van der Waals surface area contributed by atoms with Crippen LogP contribution in [-0.4, -0.2) is 45.0 Å². The van der Waals surface area contributed by atoms with Crippen LogP contribution < -0.4 is 29.7 Å². The summed E-state index contributed by atoms with van der Waals surface area (Å²) in [5, 5.41) is 6.82. The first-order chi connectivity index (χ1) is 17.9. The third kappa shape index (κ3) is 7.99. The molecule has 3 aromatic carbocycles. The zero-order chi connectivity index (χ0) is 26.6. The highest BCUT2D eigenvalue weighted by atomic mass is 16.5. The Morgan fingerprint density at radius 2 is 1.59 bits per heavy atom. The Balaban J connectivity index is 1.59. The minimum absolute atomic E-state index is 0.181. The summed E-state index contributed by atoms with van der Waals surface area (Å²) >= 11 is 0. The molecule has 0 fully saturated rings. The smallest absolute Gasteiger partial charge is 0.271 e. The average Bonchev–Trinajstić information content (AvgIpc) is 2.89. The molecule has 0 aromatic heterocycles. The number of methoxy groups -OCH3 is 1. The molecule has 0 bridgehead atoms. The van der Waals surface area contributed by atoms with Gasteiger partial charge in [0.1, 0.15) is 0 Å². The molecule has 0 saturated heterocycles. The maximum atomic E-state index is 12.5. The van der Waals surface area contributed by atoms with E-state index in [1.54, 1.807) is 36.4 Å². The molecule has 0 saturated carbocycles. The van der Waals surface area contributed by atoms with Gasteiger partial charge in [-0.2, -0.15) is 5.10 Å². The lowest BCUT2D eigenvalue weighted by atomic mass is 10.2. The lowest BCUT2D eigenvalue weighted by Gasteiger charge is -2.12. The summed E-state index contributed by atoms with van der Waals surface area (Å²) in [5.41, 5.74) is 5.29. The van der Waals surface area contributed by atoms with Gasteiger partial charge in [-0.25, -0.2) is 5.43 Å². The fourth-order valence-electron chi connectivity index (χ4n) is 3.37. The van der Waals surface area contributed by atoms with E-state index in [2.05, 4.69) is 15.8 Å². The van der Waals surface area contributed by atoms with Gasteiger partial charge in [0.25, 0.3) is 11.8 Å². The van der Waals surface area contributed by atoms with Gasteiger partial charge in [-0.05, 0) is 80.4 Å². The van der Waals surface area contributed by atoms with E-state index in [-0.39, 0.29) is 12.5 Å². The summed E-state index contributed by atoms with van der Waals surface area (Å²) in [4.78, 5) is 24.8. The monoisotopic (exact) mass is 505 g/mol. The highest BCUT2D eigenvalue weighted by molar-refractivity contribution is 5.95. The molecular formula is C28H31N3O6. The van der Waals surface area contributed by atoms with Crippen molar-refractivity contribution in [2.24, 2.45) is 5.10 Å². The Bertz CT molecular complexity index is 1260. The predicted molar refractivity (Wildman–Crippen MR) is 142 cm³/mol. The van der Waals surface area contributed by atoms with Crippen LogP contribution in [0, 0.1) is 6.92 Å². The van der Waals surface area contributed by atoms with Crippen molar-refractivity contribution in [3.8, 4) is 23.0 Å². The first-order valence-corrected chi connectivity index (χ1v) is 11.8. The van der Waals surface area contributed by atoms with Crippen molar-refractivity contribution in [1.29, 1.82) is 0 Å². The lowest BCUT2D eigenvalue weighted by molar-refractivity contribution is -0.118. The molecular weight excluding hydrogens is 474 g/mol. The van der Waals surface area contributed by atoms with Gasteiger partial charge >= 0.3 is 0 Å². The van der Waals surface area contributed by atoms with Crippen LogP contribution in [0.3, 0.4) is 0 Å². The van der Waals surface area contributed by atoms with E-state index in [1.165, 1.54) is 13.3 Å². The quantitative estimate of drug-likeness (QED) is 0.276. The molecule has 0 heterocycles. The van der Waals surface area contributed by atoms with E-state index < -0.39 is 5.91 Å². The fourth-order valence-corrected chi connectivity index (χ4v) is 3.37. The number of carbonyl (C=O) groups excluding carboxylic acids is 2. The van der Waals surface area contributed by atoms with E-state index in [0.717, 1.165) is 5.56 Å². The van der Waals surface area contributed by atoms with Gasteiger partial charge in [0.2, 0.25) is 0 Å². The normalized spacial score (nSPS) is 10.6. The van der Waals surface area contributed by atoms with Gasteiger partial charge < -0.3 is 24.3 Å². The van der Waals surface area contributed by atoms with Crippen LogP contribution in [0.5, 0.6) is 23.0 Å². The Hall–Kier alpha value is -4.53. The topological polar surface area (TPSA) is 107 Å². The van der Waals surface area contributed by atoms with Crippen molar-refractivity contribution in [2.45, 2.75) is 20.8 Å². The maximum Gasteiger partial charge on any atom is 0.271 e. The second-order valence-electron chi connectivity index (χ2n) is 7.84. The molecule has 0 atom stereocenters. The van der Waals surface area contributed by atoms with Crippen LogP contribution in [0.4, 0.5) is 5.69 Å². The highest BCUT2D eigenvalue weighted by Crippen LogP contribution is 2.29. The SMILES string of the molecule is CCOc1ccc(C(=O)N/N=C/c2ccc(OCC(=O)Nc3cccc(C)c3)c(OC)c2)cc1OCC. The third-order valence-electron chi connectivity index (χ3n) is 5.03. The summed E-state index contributed by atoms with van der Waals surface area (Å²) in [5.74, 6) is 1.21. The number of hydrogen-bond donors (Lipinski definition) is 2. The summed E-state index contributed by atoms with van der Waals surface area (Å²) in [6, 6.07) is 17.5. The highest BCUT2D eigenvalue weighted by Gasteiger charge is 2.12. The first kappa shape index (κ1) is 27.1. The van der Waals surface area contributed by atoms with E-state index >= 15 is 0 Å². The van der Waals surface area contributed by atoms with Gasteiger partial charge in [-0.3, -0.25) is 9.59 Å². The summed E-state index contributed by atoms with van der Waals surface area (Å²) in [7, 11) is 1.50. The second kappa shape index (κ2) is 13.5. The molecule has 9 nitrogen and oxygen atoms in total. The number of hydrogen-bond acceptors (Lipinski definition) is 7. The zero-order valence-electron chi connectivity index (χ0n) is 21.4. The second-order valence-corrected chi connectivity index (χ2v) is 7.84. The van der Waals surface area contributed by atoms with Crippen LogP contribution >= 0.6 is 0 Å². The Morgan fingerprint density at radius 1 is 0.865 bits per heavy atom. The molecule has 37 heavy (non-hydrogen) atoms. The van der Waals surface area contributed by atoms with Crippen molar-refractivity contribution >= 4 is 23.7 Å². The van der Waals surface area contributed by atoms with Crippen molar-refractivity contribution in [1.82, 2.24) is 5.43 Å². The van der Waals surface area contributed by atoms with E-state index in [4.69, 9.17) is 18.9 Å². The van der Waals surface area contributed by atoms with Crippen LogP contribution in [0.1, 0.15) is 35.3 Å². The molecule has 2 amide bonds. The number of amides is 2. The van der Waals surface area contributed by atoms with Gasteiger partial charge in [0.15, 0.2) is 29.6 Å². The molecule has 0 aliphatic rings. The standard InChI is InChI=1S/C28H31N3O6/c1-5-35-24-13-11-21(16-26(24)36-6-2)28(33)31-29-17-20-10-12-23(25(15-20)34-4)37-18-27(32)30-22-9-7-8-19(3)14-22/h7-17H,5-6,18H2,1-4H3,(H,30,32)(H,31,33)/b29-17+. The minimum atomic E-state index is -0.396. The molecule has 194 valence electrons. The molecule has 3 rings (SSSR count). The average molecular weight is 506 g/mol. The molecule has 0 spiro atoms. The third-order valence-corrected chi connectivity index (χ3v) is 5.03. The van der Waals surface area contributed by atoms with Crippen molar-refractivity contribution in [3.05, 3.63) is 77.4 Å². The molecule has 2 N–H and O–H groups in total. The lowest BCUT2D eigenvalue weighted by Crippen LogP contribution is -2.20. The Labute approximate surface area is 216 Å². The first-order valence-electron chi connectivity index (χ1n) is 11.8. The maximum absolute atomic E-state index is 12.5. The van der Waals surface area contributed by atoms with Gasteiger partial charge in [-0.15, -0.1) is 0 Å². The minimum Gasteiger partial charge on any atom is -0.493 e. The summed E-state index contributed by atoms with van der Waals surface area (Å²) in [6.07, 6.45) is 1.48. The molecule has 0 aliphatic carbocycles. The molecule has 0 aliphatic heterocycles. The van der Waals surface area contributed by atoms with E-state index in [9.17, 15) is 9.59 Å². The van der Waals surface area contributed by atoms with Gasteiger partial charge in [0.05, 0.1) is 26.5 Å². The summed E-state index contributed by atoms with van der Waals surface area (Å²) in [6.45, 7) is 6.44. The number of nitrogens with one attached hydrogen (secondary N) is 2. The van der Waals surface area contributed by atoms with E-state index in [0.29, 0.717) is 53.0 Å². The Kier molecular flexibility index (Phi) is 9.90. The fraction of sp³-hybridized carbons (Fsp3) is 0.250. The number of rotatable bonds is 12. The Morgan fingerprint density at radius 3 is 2.32 bits per heavy atom. The van der Waals surface area contributed by atoms with Crippen molar-refractivity contribution in [2.75, 3.05) is 32.2 Å². The van der Waals surface area contributed by atoms with Gasteiger partial charge in [0, 0.05) is 11.3 Å². The number of aryl methyl sites for hydroxylation is 1. The largest absolute Gasteiger partial charge is 0.493 e.